The van der Waals surface area contributed by atoms with E-state index >= 15 is 0 Å². The standard InChI is InChI=1S/C53H57N9O15/c1-2-53(73)35-19-38-47-33(25-62(38)51(71)34(35)26-74-52(53)72)32(31-18-39-40(77-28-76-39)20-36(31)60-47)21-56-50(70)48(30-12-13-30)75-27-58-43(65)23-57-49(69)37(17-29-9-5-3-6-10-29)59-44(66)24-55-42(64)22-54-41(63)11-7-4-8-16-61-45(67)14-15-46(61)68/h3,5-6,9-10,14-15,18-20,30,37,48,73H,2,4,7-8,11-13,16-17,21-28H2,1H3,(H,54,63)(H,55,64)(H,56,70)(H,57,69)(H,58,65)(H,59,66)/t37-,48+,53-/m0/s1. The van der Waals surface area contributed by atoms with Crippen LogP contribution in [0.5, 0.6) is 11.5 Å². The van der Waals surface area contributed by atoms with Crippen LogP contribution in [-0.2, 0) is 84.3 Å². The fourth-order valence-electron chi connectivity index (χ4n) is 9.62. The Morgan fingerprint density at radius 2 is 1.49 bits per heavy atom. The number of aromatic nitrogens is 2. The first kappa shape index (κ1) is 53.3. The first-order valence-corrected chi connectivity index (χ1v) is 25.4. The van der Waals surface area contributed by atoms with E-state index in [1.54, 1.807) is 55.5 Å². The Hall–Kier alpha value is -8.51. The van der Waals surface area contributed by atoms with Crippen LogP contribution in [0, 0.1) is 5.92 Å². The molecule has 0 bridgehead atoms. The number of fused-ring (bicyclic) bond motifs is 6. The first-order chi connectivity index (χ1) is 37.1. The molecule has 0 spiro atoms. The molecule has 1 fully saturated rings. The lowest BCUT2D eigenvalue weighted by Gasteiger charge is -2.31. The zero-order valence-corrected chi connectivity index (χ0v) is 42.0. The zero-order chi connectivity index (χ0) is 54.4. The molecule has 7 N–H and O–H groups in total. The fraction of sp³-hybridized carbons (Fsp3) is 0.415. The van der Waals surface area contributed by atoms with Crippen LogP contribution in [0.2, 0.25) is 0 Å². The minimum atomic E-state index is -2.03. The number of hydrogen-bond donors (Lipinski definition) is 7. The molecular formula is C53H57N9O15. The van der Waals surface area contributed by atoms with Crippen LogP contribution in [0.15, 0.2) is 65.5 Å². The molecule has 4 aliphatic heterocycles. The number of imide groups is 1. The summed E-state index contributed by atoms with van der Waals surface area (Å²) in [6.07, 6.45) is 4.54. The third kappa shape index (κ3) is 12.0. The van der Waals surface area contributed by atoms with E-state index in [4.69, 9.17) is 23.9 Å². The minimum absolute atomic E-state index is 0.000936. The summed E-state index contributed by atoms with van der Waals surface area (Å²) >= 11 is 0. The number of rotatable bonds is 24. The Bertz CT molecular complexity index is 3140. The molecule has 0 unspecified atom stereocenters. The second-order valence-electron chi connectivity index (χ2n) is 19.2. The van der Waals surface area contributed by atoms with Crippen LogP contribution >= 0.6 is 0 Å². The van der Waals surface area contributed by atoms with Crippen molar-refractivity contribution >= 4 is 64.1 Å². The van der Waals surface area contributed by atoms with Gasteiger partial charge in [0.1, 0.15) is 25.5 Å². The number of pyridine rings is 2. The van der Waals surface area contributed by atoms with Gasteiger partial charge in [0.05, 0.1) is 48.6 Å². The van der Waals surface area contributed by atoms with Gasteiger partial charge in [-0.3, -0.25) is 48.1 Å². The fourth-order valence-corrected chi connectivity index (χ4v) is 9.62. The van der Waals surface area contributed by atoms with Gasteiger partial charge in [0.25, 0.3) is 17.4 Å². The van der Waals surface area contributed by atoms with E-state index in [0.29, 0.717) is 82.6 Å². The number of aliphatic hydroxyl groups is 1. The molecule has 1 saturated carbocycles. The van der Waals surface area contributed by atoms with Gasteiger partial charge in [0, 0.05) is 60.7 Å². The van der Waals surface area contributed by atoms with Gasteiger partial charge in [-0.15, -0.1) is 0 Å². The van der Waals surface area contributed by atoms with Gasteiger partial charge in [-0.1, -0.05) is 43.7 Å². The summed E-state index contributed by atoms with van der Waals surface area (Å²) in [5.74, 6) is -4.36. The maximum absolute atomic E-state index is 14.0. The molecule has 8 amide bonds. The van der Waals surface area contributed by atoms with Crippen molar-refractivity contribution in [3.05, 3.63) is 98.9 Å². The van der Waals surface area contributed by atoms with E-state index in [9.17, 15) is 53.1 Å². The van der Waals surface area contributed by atoms with E-state index in [2.05, 4.69) is 31.9 Å². The number of benzene rings is 2. The number of unbranched alkanes of at least 4 members (excludes halogenated alkanes) is 2. The highest BCUT2D eigenvalue weighted by Crippen LogP contribution is 2.43. The molecule has 24 heteroatoms. The number of ether oxygens (including phenoxy) is 4. The van der Waals surface area contributed by atoms with E-state index < -0.39 is 84.4 Å². The van der Waals surface area contributed by atoms with Crippen LogP contribution in [0.4, 0.5) is 0 Å². The summed E-state index contributed by atoms with van der Waals surface area (Å²) in [5, 5.41) is 27.6. The van der Waals surface area contributed by atoms with E-state index in [0.717, 1.165) is 4.90 Å². The quantitative estimate of drug-likeness (QED) is 0.0183. The summed E-state index contributed by atoms with van der Waals surface area (Å²) in [4.78, 5) is 134. The highest BCUT2D eigenvalue weighted by atomic mass is 16.7. The monoisotopic (exact) mass is 1060 g/mol. The molecule has 0 saturated heterocycles. The number of carbonyl (C=O) groups excluding carboxylic acids is 9. The lowest BCUT2D eigenvalue weighted by atomic mass is 9.86. The van der Waals surface area contributed by atoms with Gasteiger partial charge in [-0.2, -0.15) is 0 Å². The SMILES string of the molecule is CC[C@@]1(O)C(=O)OCc2c1cc1n(c2=O)Cc2c-1nc1cc3c(cc1c2CNC(=O)[C@H](OCNC(=O)CNC(=O)[C@H](Cc1ccccc1)NC(=O)CNC(=O)CNC(=O)CCCCCN1C(=O)C=CC1=O)C1CC1)OCO3. The number of carbonyl (C=O) groups is 9. The summed E-state index contributed by atoms with van der Waals surface area (Å²) in [5.41, 5.74) is 1.11. The van der Waals surface area contributed by atoms with Gasteiger partial charge < -0.3 is 60.5 Å². The van der Waals surface area contributed by atoms with Gasteiger partial charge in [-0.25, -0.2) is 9.78 Å². The molecule has 1 aliphatic carbocycles. The number of cyclic esters (lactones) is 1. The molecule has 3 atom stereocenters. The topological polar surface area (TPSA) is 321 Å². The predicted molar refractivity (Wildman–Crippen MR) is 269 cm³/mol. The zero-order valence-electron chi connectivity index (χ0n) is 42.0. The second kappa shape index (κ2) is 23.2. The van der Waals surface area contributed by atoms with E-state index in [1.165, 1.54) is 16.7 Å². The van der Waals surface area contributed by atoms with Crippen molar-refractivity contribution in [2.24, 2.45) is 5.92 Å². The van der Waals surface area contributed by atoms with Crippen molar-refractivity contribution in [2.45, 2.75) is 95.7 Å². The van der Waals surface area contributed by atoms with Crippen LogP contribution in [0.1, 0.15) is 79.7 Å². The van der Waals surface area contributed by atoms with Crippen molar-refractivity contribution in [1.82, 2.24) is 46.4 Å². The maximum atomic E-state index is 14.0. The molecule has 77 heavy (non-hydrogen) atoms. The Kier molecular flexibility index (Phi) is 16.0. The normalized spacial score (nSPS) is 17.4. The molecule has 4 aromatic rings. The van der Waals surface area contributed by atoms with Crippen LogP contribution < -0.4 is 46.9 Å². The lowest BCUT2D eigenvalue weighted by Crippen LogP contribution is -2.52. The number of nitrogens with zero attached hydrogens (tertiary/aromatic N) is 3. The van der Waals surface area contributed by atoms with Crippen LogP contribution in [0.25, 0.3) is 22.3 Å². The number of nitrogens with one attached hydrogen (secondary N) is 6. The molecular weight excluding hydrogens is 1000 g/mol. The molecule has 5 aliphatic rings. The Balaban J connectivity index is 0.760. The van der Waals surface area contributed by atoms with Crippen molar-refractivity contribution in [3.8, 4) is 22.9 Å². The molecule has 0 radical (unpaired) electrons. The average molecular weight is 1060 g/mol. The van der Waals surface area contributed by atoms with E-state index in [1.807, 2.05) is 0 Å². The van der Waals surface area contributed by atoms with Crippen molar-refractivity contribution in [2.75, 3.05) is 39.7 Å². The van der Waals surface area contributed by atoms with Gasteiger partial charge in [0.15, 0.2) is 17.1 Å². The highest BCUT2D eigenvalue weighted by Gasteiger charge is 2.46. The summed E-state index contributed by atoms with van der Waals surface area (Å²) < 4.78 is 24.0. The maximum Gasteiger partial charge on any atom is 0.343 e. The van der Waals surface area contributed by atoms with Gasteiger partial charge >= 0.3 is 5.97 Å². The molecule has 9 rings (SSSR count). The number of hydrogen-bond acceptors (Lipinski definition) is 16. The minimum Gasteiger partial charge on any atom is -0.458 e. The average Bonchev–Trinajstić information content (AvgIpc) is 3.99. The summed E-state index contributed by atoms with van der Waals surface area (Å²) in [6, 6.07) is 12.7. The Labute approximate surface area is 439 Å². The van der Waals surface area contributed by atoms with Crippen molar-refractivity contribution in [3.63, 3.8) is 0 Å². The highest BCUT2D eigenvalue weighted by molar-refractivity contribution is 6.12. The smallest absolute Gasteiger partial charge is 0.343 e. The van der Waals surface area contributed by atoms with Crippen LogP contribution in [0.3, 0.4) is 0 Å². The van der Waals surface area contributed by atoms with Crippen molar-refractivity contribution in [1.29, 1.82) is 0 Å². The first-order valence-electron chi connectivity index (χ1n) is 25.4. The Morgan fingerprint density at radius 3 is 2.23 bits per heavy atom. The van der Waals surface area contributed by atoms with Gasteiger partial charge in [-0.05, 0) is 61.3 Å². The van der Waals surface area contributed by atoms with Crippen molar-refractivity contribution < 1.29 is 67.2 Å². The van der Waals surface area contributed by atoms with Gasteiger partial charge in [0.2, 0.25) is 42.2 Å². The molecule has 24 nitrogen and oxygen atoms in total. The van der Waals surface area contributed by atoms with Crippen LogP contribution in [-0.4, -0.2) is 125 Å². The lowest BCUT2D eigenvalue weighted by molar-refractivity contribution is -0.172. The second-order valence-corrected chi connectivity index (χ2v) is 19.2. The van der Waals surface area contributed by atoms with E-state index in [-0.39, 0.29) is 87.9 Å². The summed E-state index contributed by atoms with van der Waals surface area (Å²) in [7, 11) is 0. The summed E-state index contributed by atoms with van der Waals surface area (Å²) in [6.45, 7) is -0.193. The largest absolute Gasteiger partial charge is 0.458 e. The molecule has 2 aromatic carbocycles. The number of amides is 8. The molecule has 2 aromatic heterocycles. The molecule has 6 heterocycles. The number of esters is 1. The third-order valence-electron chi connectivity index (χ3n) is 14.0. The molecule has 404 valence electrons. The Morgan fingerprint density at radius 1 is 0.792 bits per heavy atom. The third-order valence-corrected chi connectivity index (χ3v) is 14.0. The predicted octanol–water partition coefficient (Wildman–Crippen LogP) is -0.145.